The molecule has 3 nitrogen and oxygen atoms in total. The maximum atomic E-state index is 8.63. The summed E-state index contributed by atoms with van der Waals surface area (Å²) < 4.78 is 0. The third kappa shape index (κ3) is 2.75. The van der Waals surface area contributed by atoms with E-state index < -0.39 is 0 Å². The van der Waals surface area contributed by atoms with Crippen LogP contribution in [0.1, 0.15) is 12.0 Å². The van der Waals surface area contributed by atoms with Crippen molar-refractivity contribution in [1.82, 2.24) is 0 Å². The summed E-state index contributed by atoms with van der Waals surface area (Å²) in [6, 6.07) is 9.66. The summed E-state index contributed by atoms with van der Waals surface area (Å²) in [7, 11) is 2.02. The van der Waals surface area contributed by atoms with Crippen LogP contribution >= 0.6 is 0 Å². The molecule has 0 aromatic heterocycles. The minimum absolute atomic E-state index is 0.695. The maximum Gasteiger partial charge on any atom is 0.0991 e. The van der Waals surface area contributed by atoms with Gasteiger partial charge in [-0.25, -0.2) is 0 Å². The quantitative estimate of drug-likeness (QED) is 0.777. The van der Waals surface area contributed by atoms with E-state index in [1.54, 1.807) is 0 Å². The number of hydrogen-bond donors (Lipinski definition) is 1. The number of rotatable bonds is 4. The predicted octanol–water partition coefficient (Wildman–Crippen LogP) is 1.34. The molecule has 1 aromatic carbocycles. The van der Waals surface area contributed by atoms with Crippen LogP contribution in [0.3, 0.4) is 0 Å². The Morgan fingerprint density at radius 2 is 2.00 bits per heavy atom. The molecule has 14 heavy (non-hydrogen) atoms. The van der Waals surface area contributed by atoms with Gasteiger partial charge in [-0.3, -0.25) is 0 Å². The molecule has 0 spiro atoms. The van der Waals surface area contributed by atoms with E-state index in [2.05, 4.69) is 11.0 Å². The van der Waals surface area contributed by atoms with Gasteiger partial charge in [-0.15, -0.1) is 0 Å². The van der Waals surface area contributed by atoms with Gasteiger partial charge in [0.2, 0.25) is 0 Å². The first-order valence-electron chi connectivity index (χ1n) is 4.69. The number of hydrogen-bond acceptors (Lipinski definition) is 3. The fourth-order valence-corrected chi connectivity index (χ4v) is 1.25. The van der Waals surface area contributed by atoms with Gasteiger partial charge < -0.3 is 10.6 Å². The molecule has 0 aliphatic rings. The normalized spacial score (nSPS) is 9.50. The van der Waals surface area contributed by atoms with Gasteiger partial charge in [-0.1, -0.05) is 0 Å². The molecule has 2 N–H and O–H groups in total. The Hall–Kier alpha value is -1.53. The summed E-state index contributed by atoms with van der Waals surface area (Å²) in [6.07, 6.45) is 0.983. The molecule has 0 aliphatic carbocycles. The van der Waals surface area contributed by atoms with E-state index in [1.165, 1.54) is 0 Å². The topological polar surface area (TPSA) is 53.0 Å². The predicted molar refractivity (Wildman–Crippen MR) is 58.1 cm³/mol. The largest absolute Gasteiger partial charge is 0.375 e. The third-order valence-electron chi connectivity index (χ3n) is 2.13. The smallest absolute Gasteiger partial charge is 0.0991 e. The molecule has 0 saturated carbocycles. The zero-order valence-electron chi connectivity index (χ0n) is 8.40. The van der Waals surface area contributed by atoms with Gasteiger partial charge in [0.25, 0.3) is 0 Å². The Morgan fingerprint density at radius 3 is 2.50 bits per heavy atom. The first-order chi connectivity index (χ1) is 6.77. The highest BCUT2D eigenvalue weighted by molar-refractivity contribution is 5.48. The molecule has 0 unspecified atom stereocenters. The molecule has 0 aliphatic heterocycles. The van der Waals surface area contributed by atoms with Gasteiger partial charge in [0.15, 0.2) is 0 Å². The van der Waals surface area contributed by atoms with Crippen molar-refractivity contribution < 1.29 is 0 Å². The number of nitriles is 1. The first kappa shape index (κ1) is 10.6. The lowest BCUT2D eigenvalue weighted by Crippen LogP contribution is -2.20. The van der Waals surface area contributed by atoms with Gasteiger partial charge in [-0.05, 0) is 37.2 Å². The zero-order valence-corrected chi connectivity index (χ0v) is 8.40. The van der Waals surface area contributed by atoms with E-state index in [9.17, 15) is 0 Å². The lowest BCUT2D eigenvalue weighted by molar-refractivity contribution is 0.796. The number of nitrogens with zero attached hydrogens (tertiary/aromatic N) is 2. The number of benzene rings is 1. The molecule has 1 aromatic rings. The van der Waals surface area contributed by atoms with Gasteiger partial charge in [-0.2, -0.15) is 5.26 Å². The third-order valence-corrected chi connectivity index (χ3v) is 2.13. The van der Waals surface area contributed by atoms with Crippen molar-refractivity contribution in [2.45, 2.75) is 6.42 Å². The Kier molecular flexibility index (Phi) is 3.96. The summed E-state index contributed by atoms with van der Waals surface area (Å²) in [5, 5.41) is 8.63. The van der Waals surface area contributed by atoms with Gasteiger partial charge >= 0.3 is 0 Å². The van der Waals surface area contributed by atoms with Gasteiger partial charge in [0.1, 0.15) is 0 Å². The van der Waals surface area contributed by atoms with E-state index in [1.807, 2.05) is 31.3 Å². The molecular formula is C11H15N3. The van der Waals surface area contributed by atoms with Crippen LogP contribution in [0, 0.1) is 11.3 Å². The van der Waals surface area contributed by atoms with Crippen molar-refractivity contribution >= 4 is 5.69 Å². The van der Waals surface area contributed by atoms with Crippen LogP contribution in [0.15, 0.2) is 24.3 Å². The molecule has 0 heterocycles. The molecule has 74 valence electrons. The molecule has 0 fully saturated rings. The molecule has 1 rings (SSSR count). The number of anilines is 1. The van der Waals surface area contributed by atoms with Crippen LogP contribution in [0.4, 0.5) is 5.69 Å². The Bertz CT molecular complexity index is 310. The van der Waals surface area contributed by atoms with E-state index in [0.717, 1.165) is 18.7 Å². The molecular weight excluding hydrogens is 174 g/mol. The minimum Gasteiger partial charge on any atom is -0.375 e. The lowest BCUT2D eigenvalue weighted by Gasteiger charge is -2.18. The molecule has 0 atom stereocenters. The average molecular weight is 189 g/mol. The Labute approximate surface area is 84.7 Å². The summed E-state index contributed by atoms with van der Waals surface area (Å²) in [5.41, 5.74) is 7.25. The fourth-order valence-electron chi connectivity index (χ4n) is 1.25. The van der Waals surface area contributed by atoms with Gasteiger partial charge in [0, 0.05) is 19.3 Å². The van der Waals surface area contributed by atoms with Crippen LogP contribution < -0.4 is 10.6 Å². The van der Waals surface area contributed by atoms with Crippen LogP contribution in [0.2, 0.25) is 0 Å². The standard InChI is InChI=1S/C11H15N3/c1-14(8-2-7-12)11-5-3-10(9-13)4-6-11/h3-6H,2,7-8,12H2,1H3. The van der Waals surface area contributed by atoms with E-state index in [4.69, 9.17) is 11.0 Å². The summed E-state index contributed by atoms with van der Waals surface area (Å²) >= 11 is 0. The lowest BCUT2D eigenvalue weighted by atomic mass is 10.2. The van der Waals surface area contributed by atoms with Crippen molar-refractivity contribution in [3.05, 3.63) is 29.8 Å². The Balaban J connectivity index is 2.63. The first-order valence-corrected chi connectivity index (χ1v) is 4.69. The second-order valence-electron chi connectivity index (χ2n) is 3.22. The SMILES string of the molecule is CN(CCCN)c1ccc(C#N)cc1. The van der Waals surface area contributed by atoms with Gasteiger partial charge in [0.05, 0.1) is 11.6 Å². The molecule has 0 bridgehead atoms. The maximum absolute atomic E-state index is 8.63. The second kappa shape index (κ2) is 5.25. The van der Waals surface area contributed by atoms with Crippen molar-refractivity contribution in [2.24, 2.45) is 5.73 Å². The average Bonchev–Trinajstić information content (AvgIpc) is 2.26. The highest BCUT2D eigenvalue weighted by atomic mass is 15.1. The van der Waals surface area contributed by atoms with E-state index >= 15 is 0 Å². The van der Waals surface area contributed by atoms with Crippen LogP contribution in [0.5, 0.6) is 0 Å². The van der Waals surface area contributed by atoms with Crippen LogP contribution in [-0.2, 0) is 0 Å². The minimum atomic E-state index is 0.695. The molecule has 0 radical (unpaired) electrons. The number of nitrogens with two attached hydrogens (primary N) is 1. The molecule has 0 amide bonds. The summed E-state index contributed by atoms with van der Waals surface area (Å²) in [5.74, 6) is 0. The van der Waals surface area contributed by atoms with Crippen molar-refractivity contribution in [3.63, 3.8) is 0 Å². The monoisotopic (exact) mass is 189 g/mol. The van der Waals surface area contributed by atoms with Crippen molar-refractivity contribution in [1.29, 1.82) is 5.26 Å². The highest BCUT2D eigenvalue weighted by Gasteiger charge is 1.99. The fraction of sp³-hybridized carbons (Fsp3) is 0.364. The summed E-state index contributed by atoms with van der Waals surface area (Å²) in [4.78, 5) is 2.13. The Morgan fingerprint density at radius 1 is 1.36 bits per heavy atom. The summed E-state index contributed by atoms with van der Waals surface area (Å²) in [6.45, 7) is 1.66. The van der Waals surface area contributed by atoms with E-state index in [-0.39, 0.29) is 0 Å². The van der Waals surface area contributed by atoms with Crippen LogP contribution in [0.25, 0.3) is 0 Å². The highest BCUT2D eigenvalue weighted by Crippen LogP contribution is 2.13. The molecule has 3 heteroatoms. The van der Waals surface area contributed by atoms with Crippen molar-refractivity contribution in [3.8, 4) is 6.07 Å². The van der Waals surface area contributed by atoms with Crippen LogP contribution in [-0.4, -0.2) is 20.1 Å². The van der Waals surface area contributed by atoms with E-state index in [0.29, 0.717) is 12.1 Å². The van der Waals surface area contributed by atoms with Crippen molar-refractivity contribution in [2.75, 3.05) is 25.0 Å². The zero-order chi connectivity index (χ0) is 10.4. The molecule has 0 saturated heterocycles. The second-order valence-corrected chi connectivity index (χ2v) is 3.22.